The third-order valence-corrected chi connectivity index (χ3v) is 7.49. The summed E-state index contributed by atoms with van der Waals surface area (Å²) in [7, 11) is 3.66. The summed E-state index contributed by atoms with van der Waals surface area (Å²) < 4.78 is 1.16. The molecule has 1 rings (SSSR count). The summed E-state index contributed by atoms with van der Waals surface area (Å²) in [6.07, 6.45) is 0. The second-order valence-electron chi connectivity index (χ2n) is 3.51. The molecule has 0 atom stereocenters. The number of rotatable bonds is 1. The van der Waals surface area contributed by atoms with Gasteiger partial charge in [0.1, 0.15) is 7.85 Å². The Morgan fingerprint density at radius 2 is 1.25 bits per heavy atom. The van der Waals surface area contributed by atoms with E-state index in [1.54, 1.807) is 4.90 Å². The molecule has 0 unspecified atom stereocenters. The molecule has 0 aliphatic carbocycles. The van der Waals surface area contributed by atoms with Crippen LogP contribution in [-0.2, 0) is 0 Å². The van der Waals surface area contributed by atoms with Crippen LogP contribution in [0.4, 0.5) is 0 Å². The molecule has 0 aliphatic rings. The van der Waals surface area contributed by atoms with Crippen molar-refractivity contribution in [2.45, 2.75) is 4.90 Å². The standard InChI is InChI=1S/C10H6Cl5NS4/c1-16(2)9(17)20-10(18)19-8-6(14)4(12)3(11)5(13)7(8)15/h1-2H3. The van der Waals surface area contributed by atoms with Crippen molar-refractivity contribution in [2.24, 2.45) is 0 Å². The Kier molecular flexibility index (Phi) is 8.02. The van der Waals surface area contributed by atoms with Crippen LogP contribution in [0, 0.1) is 0 Å². The minimum Gasteiger partial charge on any atom is -0.363 e. The fraction of sp³-hybridized carbons (Fsp3) is 0.200. The third kappa shape index (κ3) is 4.67. The quantitative estimate of drug-likeness (QED) is 0.199. The van der Waals surface area contributed by atoms with Crippen molar-refractivity contribution in [3.05, 3.63) is 25.1 Å². The van der Waals surface area contributed by atoms with Crippen LogP contribution >= 0.6 is 106 Å². The van der Waals surface area contributed by atoms with E-state index in [1.807, 2.05) is 14.1 Å². The zero-order chi connectivity index (χ0) is 15.6. The lowest BCUT2D eigenvalue weighted by molar-refractivity contribution is 0.648. The van der Waals surface area contributed by atoms with Crippen molar-refractivity contribution < 1.29 is 0 Å². The SMILES string of the molecule is CN(C)C(=S)SC(=S)Sc1c(Cl)c(Cl)c(Cl)c(Cl)c1Cl. The maximum Gasteiger partial charge on any atom is 0.141 e. The van der Waals surface area contributed by atoms with E-state index in [9.17, 15) is 0 Å². The number of halogens is 5. The van der Waals surface area contributed by atoms with Gasteiger partial charge in [-0.15, -0.1) is 0 Å². The number of hydrogen-bond acceptors (Lipinski definition) is 4. The number of thiocarbonyl (C=S) groups is 2. The highest BCUT2D eigenvalue weighted by molar-refractivity contribution is 8.54. The molecule has 0 radical (unpaired) electrons. The van der Waals surface area contributed by atoms with Crippen LogP contribution in [0.15, 0.2) is 4.90 Å². The topological polar surface area (TPSA) is 3.24 Å². The Morgan fingerprint density at radius 1 is 0.850 bits per heavy atom. The molecule has 0 bridgehead atoms. The van der Waals surface area contributed by atoms with E-state index in [4.69, 9.17) is 82.4 Å². The fourth-order valence-corrected chi connectivity index (χ4v) is 5.00. The van der Waals surface area contributed by atoms with E-state index in [0.717, 1.165) is 0 Å². The molecule has 0 fully saturated rings. The molecule has 1 aromatic carbocycles. The summed E-state index contributed by atoms with van der Waals surface area (Å²) in [6, 6.07) is 0. The largest absolute Gasteiger partial charge is 0.363 e. The number of hydrogen-bond donors (Lipinski definition) is 0. The number of thioether (sulfide) groups is 2. The van der Waals surface area contributed by atoms with Crippen molar-refractivity contribution in [1.82, 2.24) is 4.90 Å². The van der Waals surface area contributed by atoms with Crippen LogP contribution in [0.1, 0.15) is 0 Å². The molecule has 0 saturated heterocycles. The zero-order valence-corrected chi connectivity index (χ0v) is 17.0. The third-order valence-electron chi connectivity index (χ3n) is 1.89. The summed E-state index contributed by atoms with van der Waals surface area (Å²) in [4.78, 5) is 2.24. The molecule has 1 aromatic rings. The molecule has 1 nitrogen and oxygen atoms in total. The smallest absolute Gasteiger partial charge is 0.141 e. The first-order valence-electron chi connectivity index (χ1n) is 4.79. The van der Waals surface area contributed by atoms with Crippen molar-refractivity contribution in [2.75, 3.05) is 14.1 Å². The average Bonchev–Trinajstić information content (AvgIpc) is 2.39. The maximum atomic E-state index is 6.13. The molecule has 0 spiro atoms. The van der Waals surface area contributed by atoms with E-state index in [-0.39, 0.29) is 25.1 Å². The number of benzene rings is 1. The zero-order valence-electron chi connectivity index (χ0n) is 9.97. The van der Waals surface area contributed by atoms with Crippen LogP contribution in [-0.4, -0.2) is 26.8 Å². The van der Waals surface area contributed by atoms with Gasteiger partial charge in [-0.1, -0.05) is 94.2 Å². The highest BCUT2D eigenvalue weighted by atomic mass is 35.5. The first-order chi connectivity index (χ1) is 9.16. The van der Waals surface area contributed by atoms with Gasteiger partial charge < -0.3 is 4.90 Å². The molecule has 0 aliphatic heterocycles. The number of nitrogens with zero attached hydrogens (tertiary/aromatic N) is 1. The first kappa shape index (κ1) is 19.4. The van der Waals surface area contributed by atoms with E-state index < -0.39 is 0 Å². The van der Waals surface area contributed by atoms with E-state index in [0.29, 0.717) is 12.7 Å². The molecule has 0 saturated carbocycles. The second-order valence-corrected chi connectivity index (χ2v) is 9.25. The van der Waals surface area contributed by atoms with Gasteiger partial charge in [0.15, 0.2) is 0 Å². The van der Waals surface area contributed by atoms with Crippen molar-refractivity contribution in [3.8, 4) is 0 Å². The van der Waals surface area contributed by atoms with Crippen molar-refractivity contribution in [1.29, 1.82) is 0 Å². The minimum atomic E-state index is 0.120. The molecule has 20 heavy (non-hydrogen) atoms. The van der Waals surface area contributed by atoms with E-state index in [2.05, 4.69) is 0 Å². The van der Waals surface area contributed by atoms with E-state index in [1.165, 1.54) is 23.5 Å². The Labute approximate surface area is 161 Å². The monoisotopic (exact) mass is 443 g/mol. The average molecular weight is 446 g/mol. The molecule has 10 heteroatoms. The van der Waals surface area contributed by atoms with Gasteiger partial charge in [-0.2, -0.15) is 0 Å². The Morgan fingerprint density at radius 3 is 1.65 bits per heavy atom. The van der Waals surface area contributed by atoms with Gasteiger partial charge in [0.05, 0.1) is 30.0 Å². The van der Waals surface area contributed by atoms with Crippen LogP contribution < -0.4 is 0 Å². The van der Waals surface area contributed by atoms with Gasteiger partial charge in [-0.3, -0.25) is 0 Å². The highest BCUT2D eigenvalue weighted by Crippen LogP contribution is 2.48. The fourth-order valence-electron chi connectivity index (χ4n) is 0.941. The van der Waals surface area contributed by atoms with Crippen LogP contribution in [0.5, 0.6) is 0 Å². The van der Waals surface area contributed by atoms with E-state index >= 15 is 0 Å². The molecule has 0 heterocycles. The van der Waals surface area contributed by atoms with Crippen LogP contribution in [0.2, 0.25) is 25.1 Å². The predicted octanol–water partition coefficient (Wildman–Crippen LogP) is 6.91. The van der Waals surface area contributed by atoms with Crippen molar-refractivity contribution >= 4 is 114 Å². The molecule has 0 aromatic heterocycles. The van der Waals surface area contributed by atoms with Gasteiger partial charge in [-0.05, 0) is 11.8 Å². The molecule has 0 amide bonds. The second kappa shape index (κ2) is 8.27. The Bertz CT molecular complexity index is 546. The van der Waals surface area contributed by atoms with Crippen LogP contribution in [0.3, 0.4) is 0 Å². The van der Waals surface area contributed by atoms with Gasteiger partial charge >= 0.3 is 0 Å². The molecule has 110 valence electrons. The van der Waals surface area contributed by atoms with Crippen LogP contribution in [0.25, 0.3) is 0 Å². The first-order valence-corrected chi connectivity index (χ1v) is 9.13. The molecular formula is C10H6Cl5NS4. The lowest BCUT2D eigenvalue weighted by Gasteiger charge is -2.15. The predicted molar refractivity (Wildman–Crippen MR) is 104 cm³/mol. The lowest BCUT2D eigenvalue weighted by Crippen LogP contribution is -2.16. The minimum absolute atomic E-state index is 0.120. The van der Waals surface area contributed by atoms with Gasteiger partial charge in [0.25, 0.3) is 0 Å². The lowest BCUT2D eigenvalue weighted by atomic mass is 10.3. The normalized spacial score (nSPS) is 10.6. The summed E-state index contributed by atoms with van der Waals surface area (Å²) in [5.74, 6) is 0. The van der Waals surface area contributed by atoms with Gasteiger partial charge in [0, 0.05) is 14.1 Å². The van der Waals surface area contributed by atoms with Crippen molar-refractivity contribution in [3.63, 3.8) is 0 Å². The summed E-state index contributed by atoms with van der Waals surface area (Å²) in [6.45, 7) is 0. The summed E-state index contributed by atoms with van der Waals surface area (Å²) in [5.41, 5.74) is 0. The highest BCUT2D eigenvalue weighted by Gasteiger charge is 2.21. The summed E-state index contributed by atoms with van der Waals surface area (Å²) in [5, 5.41) is 0.848. The van der Waals surface area contributed by atoms with Gasteiger partial charge in [-0.25, -0.2) is 0 Å². The maximum absolute atomic E-state index is 6.13. The van der Waals surface area contributed by atoms with Gasteiger partial charge in [0.2, 0.25) is 0 Å². The summed E-state index contributed by atoms with van der Waals surface area (Å²) >= 11 is 43.0. The Hall–Kier alpha value is 1.35. The molecular weight excluding hydrogens is 440 g/mol. The molecule has 0 N–H and O–H groups in total. The Balaban J connectivity index is 3.05.